The number of aromatic nitrogens is 2. The molecule has 0 bridgehead atoms. The molecule has 2 aromatic heterocycles. The van der Waals surface area contributed by atoms with Crippen LogP contribution in [0.15, 0.2) is 29.9 Å². The average molecular weight is 303 g/mol. The highest BCUT2D eigenvalue weighted by molar-refractivity contribution is 7.10. The predicted octanol–water partition coefficient (Wildman–Crippen LogP) is 1.38. The Labute approximate surface area is 127 Å². The Balaban J connectivity index is 1.72. The molecule has 0 atom stereocenters. The van der Waals surface area contributed by atoms with Crippen molar-refractivity contribution in [1.82, 2.24) is 15.1 Å². The minimum Gasteiger partial charge on any atom is -0.395 e. The van der Waals surface area contributed by atoms with E-state index in [1.54, 1.807) is 22.2 Å². The quantitative estimate of drug-likeness (QED) is 0.792. The molecule has 1 amide bonds. The minimum atomic E-state index is 0.00631. The molecule has 2 N–H and O–H groups in total. The Morgan fingerprint density at radius 1 is 1.52 bits per heavy atom. The Bertz CT molecular complexity index is 623. The second kappa shape index (κ2) is 8.25. The molecule has 2 aromatic rings. The molecular formula is C15H17N3O2S. The van der Waals surface area contributed by atoms with Crippen LogP contribution in [0.2, 0.25) is 0 Å². The molecule has 110 valence electrons. The van der Waals surface area contributed by atoms with E-state index in [-0.39, 0.29) is 12.5 Å². The van der Waals surface area contributed by atoms with E-state index in [2.05, 4.69) is 22.3 Å². The monoisotopic (exact) mass is 303 g/mol. The summed E-state index contributed by atoms with van der Waals surface area (Å²) in [4.78, 5) is 12.8. The maximum atomic E-state index is 11.7. The number of amides is 1. The fourth-order valence-electron chi connectivity index (χ4n) is 1.68. The first kappa shape index (κ1) is 15.3. The van der Waals surface area contributed by atoms with E-state index in [1.165, 1.54) is 0 Å². The predicted molar refractivity (Wildman–Crippen MR) is 81.6 cm³/mol. The van der Waals surface area contributed by atoms with Crippen molar-refractivity contribution in [1.29, 1.82) is 0 Å². The number of hydrogen-bond acceptors (Lipinski definition) is 4. The number of aliphatic hydroxyl groups excluding tert-OH is 1. The van der Waals surface area contributed by atoms with Gasteiger partial charge < -0.3 is 10.4 Å². The van der Waals surface area contributed by atoms with Crippen LogP contribution in [-0.2, 0) is 17.9 Å². The highest BCUT2D eigenvalue weighted by Gasteiger charge is 2.03. The summed E-state index contributed by atoms with van der Waals surface area (Å²) < 4.78 is 1.74. The summed E-state index contributed by atoms with van der Waals surface area (Å²) in [5, 5.41) is 17.5. The van der Waals surface area contributed by atoms with Crippen molar-refractivity contribution in [2.45, 2.75) is 25.9 Å². The molecule has 5 nitrogen and oxygen atoms in total. The zero-order valence-electron chi connectivity index (χ0n) is 11.6. The van der Waals surface area contributed by atoms with Crippen molar-refractivity contribution in [3.8, 4) is 11.8 Å². The Hall–Kier alpha value is -2.10. The molecule has 0 aliphatic rings. The maximum Gasteiger partial charge on any atom is 0.222 e. The van der Waals surface area contributed by atoms with Crippen molar-refractivity contribution < 1.29 is 9.90 Å². The van der Waals surface area contributed by atoms with Crippen LogP contribution in [0.3, 0.4) is 0 Å². The van der Waals surface area contributed by atoms with E-state index in [9.17, 15) is 4.79 Å². The zero-order chi connectivity index (χ0) is 14.9. The van der Waals surface area contributed by atoms with Crippen LogP contribution in [0.5, 0.6) is 0 Å². The molecule has 0 aromatic carbocycles. The lowest BCUT2D eigenvalue weighted by Crippen LogP contribution is -2.23. The normalized spacial score (nSPS) is 9.95. The van der Waals surface area contributed by atoms with Gasteiger partial charge in [-0.25, -0.2) is 0 Å². The van der Waals surface area contributed by atoms with Crippen molar-refractivity contribution >= 4 is 17.2 Å². The topological polar surface area (TPSA) is 67.2 Å². The lowest BCUT2D eigenvalue weighted by atomic mass is 10.3. The van der Waals surface area contributed by atoms with Gasteiger partial charge in [0.2, 0.25) is 5.91 Å². The Morgan fingerprint density at radius 2 is 2.43 bits per heavy atom. The molecule has 0 unspecified atom stereocenters. The van der Waals surface area contributed by atoms with E-state index in [1.807, 2.05) is 23.7 Å². The minimum absolute atomic E-state index is 0.00631. The lowest BCUT2D eigenvalue weighted by molar-refractivity contribution is -0.121. The van der Waals surface area contributed by atoms with Gasteiger partial charge in [0.25, 0.3) is 0 Å². The largest absolute Gasteiger partial charge is 0.395 e. The number of carbonyl (C=O) groups excluding carboxylic acids is 1. The standard InChI is InChI=1S/C15H17N3O2S/c19-9-2-1-4-13-10-14(21-12-13)11-16-15(20)5-8-18-7-3-6-17-18/h3,6-7,10,12,19H,2,5,8-9,11H2,(H,16,20). The molecule has 21 heavy (non-hydrogen) atoms. The summed E-state index contributed by atoms with van der Waals surface area (Å²) in [5.74, 6) is 5.85. The third kappa shape index (κ3) is 5.42. The van der Waals surface area contributed by atoms with E-state index in [0.717, 1.165) is 10.4 Å². The van der Waals surface area contributed by atoms with Crippen molar-refractivity contribution in [3.05, 3.63) is 40.3 Å². The summed E-state index contributed by atoms with van der Waals surface area (Å²) >= 11 is 1.57. The van der Waals surface area contributed by atoms with E-state index < -0.39 is 0 Å². The van der Waals surface area contributed by atoms with Gasteiger partial charge in [0.15, 0.2) is 0 Å². The number of aliphatic hydroxyl groups is 1. The van der Waals surface area contributed by atoms with E-state index in [4.69, 9.17) is 5.11 Å². The van der Waals surface area contributed by atoms with Crippen LogP contribution in [0.4, 0.5) is 0 Å². The molecule has 6 heteroatoms. The molecule has 0 radical (unpaired) electrons. The van der Waals surface area contributed by atoms with Gasteiger partial charge >= 0.3 is 0 Å². The number of thiophene rings is 1. The van der Waals surface area contributed by atoms with Crippen LogP contribution in [0.1, 0.15) is 23.3 Å². The number of hydrogen-bond donors (Lipinski definition) is 2. The average Bonchev–Trinajstić information content (AvgIpc) is 3.15. The second-order valence-electron chi connectivity index (χ2n) is 4.37. The molecule has 0 aliphatic heterocycles. The van der Waals surface area contributed by atoms with Crippen molar-refractivity contribution in [2.75, 3.05) is 6.61 Å². The molecule has 0 aliphatic carbocycles. The molecule has 2 rings (SSSR count). The fraction of sp³-hybridized carbons (Fsp3) is 0.333. The highest BCUT2D eigenvalue weighted by Crippen LogP contribution is 2.13. The van der Waals surface area contributed by atoms with Crippen LogP contribution in [0.25, 0.3) is 0 Å². The van der Waals surface area contributed by atoms with Crippen molar-refractivity contribution in [2.24, 2.45) is 0 Å². The first-order valence-electron chi connectivity index (χ1n) is 6.69. The molecule has 2 heterocycles. The van der Waals surface area contributed by atoms with Gasteiger partial charge in [0.05, 0.1) is 13.2 Å². The van der Waals surface area contributed by atoms with Gasteiger partial charge in [-0.2, -0.15) is 5.10 Å². The highest BCUT2D eigenvalue weighted by atomic mass is 32.1. The van der Waals surface area contributed by atoms with Gasteiger partial charge in [-0.05, 0) is 12.1 Å². The number of aryl methyl sites for hydroxylation is 1. The summed E-state index contributed by atoms with van der Waals surface area (Å²) in [5.41, 5.74) is 0.925. The summed E-state index contributed by atoms with van der Waals surface area (Å²) in [6, 6.07) is 3.80. The summed E-state index contributed by atoms with van der Waals surface area (Å²) in [6.07, 6.45) is 4.43. The zero-order valence-corrected chi connectivity index (χ0v) is 12.4. The number of rotatable bonds is 6. The molecule has 0 saturated heterocycles. The Morgan fingerprint density at radius 3 is 3.19 bits per heavy atom. The Kier molecular flexibility index (Phi) is 6.00. The second-order valence-corrected chi connectivity index (χ2v) is 5.37. The third-order valence-corrected chi connectivity index (χ3v) is 3.65. The van der Waals surface area contributed by atoms with E-state index >= 15 is 0 Å². The molecule has 0 fully saturated rings. The van der Waals surface area contributed by atoms with Crippen LogP contribution < -0.4 is 5.32 Å². The van der Waals surface area contributed by atoms with Gasteiger partial charge in [0, 0.05) is 47.6 Å². The number of nitrogens with one attached hydrogen (secondary N) is 1. The fourth-order valence-corrected chi connectivity index (χ4v) is 2.44. The van der Waals surface area contributed by atoms with Crippen LogP contribution in [0, 0.1) is 11.8 Å². The summed E-state index contributed by atoms with van der Waals surface area (Å²) in [6.45, 7) is 1.18. The first-order chi connectivity index (χ1) is 10.3. The van der Waals surface area contributed by atoms with Crippen LogP contribution in [-0.4, -0.2) is 27.4 Å². The van der Waals surface area contributed by atoms with Gasteiger partial charge in [-0.3, -0.25) is 9.48 Å². The summed E-state index contributed by atoms with van der Waals surface area (Å²) in [7, 11) is 0. The maximum absolute atomic E-state index is 11.7. The van der Waals surface area contributed by atoms with Gasteiger partial charge in [-0.1, -0.05) is 11.8 Å². The lowest BCUT2D eigenvalue weighted by Gasteiger charge is -2.03. The first-order valence-corrected chi connectivity index (χ1v) is 7.57. The third-order valence-electron chi connectivity index (χ3n) is 2.71. The van der Waals surface area contributed by atoms with Gasteiger partial charge in [0.1, 0.15) is 0 Å². The SMILES string of the molecule is O=C(CCn1cccn1)NCc1cc(C#CCCO)cs1. The number of carbonyl (C=O) groups is 1. The van der Waals surface area contributed by atoms with Crippen LogP contribution >= 0.6 is 11.3 Å². The molecule has 0 saturated carbocycles. The smallest absolute Gasteiger partial charge is 0.222 e. The number of nitrogens with zero attached hydrogens (tertiary/aromatic N) is 2. The molecular weight excluding hydrogens is 286 g/mol. The molecule has 0 spiro atoms. The van der Waals surface area contributed by atoms with E-state index in [0.29, 0.717) is 25.9 Å². The van der Waals surface area contributed by atoms with Crippen molar-refractivity contribution in [3.63, 3.8) is 0 Å². The van der Waals surface area contributed by atoms with Gasteiger partial charge in [-0.15, -0.1) is 11.3 Å².